The Morgan fingerprint density at radius 2 is 2.28 bits per heavy atom. The predicted octanol–water partition coefficient (Wildman–Crippen LogP) is 2.32. The Morgan fingerprint density at radius 1 is 1.39 bits per heavy atom. The van der Waals surface area contributed by atoms with Crippen LogP contribution in [0.4, 0.5) is 0 Å². The molecule has 1 aromatic carbocycles. The van der Waals surface area contributed by atoms with Crippen LogP contribution >= 0.6 is 0 Å². The first-order chi connectivity index (χ1) is 8.78. The molecule has 0 saturated carbocycles. The maximum Gasteiger partial charge on any atom is 0.132 e. The van der Waals surface area contributed by atoms with Gasteiger partial charge in [-0.3, -0.25) is 4.98 Å². The SMILES string of the molecule is Cc1cc2c(c(-c3ccccn3)c1)O[C@@H](CN)C2. The van der Waals surface area contributed by atoms with E-state index in [4.69, 9.17) is 10.5 Å². The first-order valence-electron chi connectivity index (χ1n) is 6.19. The van der Waals surface area contributed by atoms with Crippen LogP contribution in [-0.4, -0.2) is 17.6 Å². The van der Waals surface area contributed by atoms with Crippen LogP contribution in [0.15, 0.2) is 36.5 Å². The lowest BCUT2D eigenvalue weighted by Gasteiger charge is -2.11. The molecule has 92 valence electrons. The van der Waals surface area contributed by atoms with Crippen LogP contribution in [0.2, 0.25) is 0 Å². The van der Waals surface area contributed by atoms with Gasteiger partial charge in [0.1, 0.15) is 11.9 Å². The molecule has 0 aliphatic carbocycles. The fraction of sp³-hybridized carbons (Fsp3) is 0.267. The quantitative estimate of drug-likeness (QED) is 0.876. The van der Waals surface area contributed by atoms with Crippen LogP contribution < -0.4 is 10.5 Å². The molecule has 1 aliphatic heterocycles. The average Bonchev–Trinajstić information content (AvgIpc) is 2.81. The smallest absolute Gasteiger partial charge is 0.132 e. The molecule has 0 fully saturated rings. The van der Waals surface area contributed by atoms with Crippen LogP contribution in [0, 0.1) is 6.92 Å². The van der Waals surface area contributed by atoms with Crippen LogP contribution in [0.1, 0.15) is 11.1 Å². The van der Waals surface area contributed by atoms with E-state index in [-0.39, 0.29) is 6.10 Å². The number of ether oxygens (including phenoxy) is 1. The van der Waals surface area contributed by atoms with Gasteiger partial charge in [-0.1, -0.05) is 12.1 Å². The predicted molar refractivity (Wildman–Crippen MR) is 71.6 cm³/mol. The molecule has 2 heterocycles. The average molecular weight is 240 g/mol. The zero-order chi connectivity index (χ0) is 12.5. The van der Waals surface area contributed by atoms with Gasteiger partial charge in [-0.15, -0.1) is 0 Å². The second-order valence-corrected chi connectivity index (χ2v) is 4.70. The zero-order valence-corrected chi connectivity index (χ0v) is 10.4. The molecular formula is C15H16N2O. The molecule has 1 aromatic heterocycles. The van der Waals surface area contributed by atoms with Crippen LogP contribution in [0.5, 0.6) is 5.75 Å². The number of hydrogen-bond acceptors (Lipinski definition) is 3. The Morgan fingerprint density at radius 3 is 3.00 bits per heavy atom. The maximum atomic E-state index is 5.93. The minimum atomic E-state index is 0.101. The standard InChI is InChI=1S/C15H16N2O/c1-10-6-11-8-12(9-16)18-15(11)13(7-10)14-4-2-3-5-17-14/h2-7,12H,8-9,16H2,1H3/t12-/m1/s1. The van der Waals surface area contributed by atoms with Gasteiger partial charge < -0.3 is 10.5 Å². The number of pyridine rings is 1. The van der Waals surface area contributed by atoms with Crippen molar-refractivity contribution >= 4 is 0 Å². The fourth-order valence-electron chi connectivity index (χ4n) is 2.44. The molecule has 0 bridgehead atoms. The molecule has 3 heteroatoms. The summed E-state index contributed by atoms with van der Waals surface area (Å²) in [6.45, 7) is 2.65. The summed E-state index contributed by atoms with van der Waals surface area (Å²) < 4.78 is 5.93. The van der Waals surface area contributed by atoms with E-state index in [1.54, 1.807) is 6.20 Å². The van der Waals surface area contributed by atoms with Crippen molar-refractivity contribution < 1.29 is 4.74 Å². The highest BCUT2D eigenvalue weighted by Crippen LogP contribution is 2.38. The molecule has 2 aromatic rings. The molecular weight excluding hydrogens is 224 g/mol. The van der Waals surface area contributed by atoms with Crippen LogP contribution in [0.3, 0.4) is 0 Å². The number of fused-ring (bicyclic) bond motifs is 1. The lowest BCUT2D eigenvalue weighted by Crippen LogP contribution is -2.24. The highest BCUT2D eigenvalue weighted by molar-refractivity contribution is 5.71. The van der Waals surface area contributed by atoms with Crippen molar-refractivity contribution in [2.24, 2.45) is 5.73 Å². The lowest BCUT2D eigenvalue weighted by molar-refractivity contribution is 0.242. The lowest BCUT2D eigenvalue weighted by atomic mass is 10.0. The first kappa shape index (κ1) is 11.2. The fourth-order valence-corrected chi connectivity index (χ4v) is 2.44. The van der Waals surface area contributed by atoms with E-state index in [0.717, 1.165) is 23.4 Å². The van der Waals surface area contributed by atoms with Gasteiger partial charge >= 0.3 is 0 Å². The largest absolute Gasteiger partial charge is 0.488 e. The normalized spacial score (nSPS) is 17.3. The van der Waals surface area contributed by atoms with E-state index in [1.807, 2.05) is 18.2 Å². The highest BCUT2D eigenvalue weighted by atomic mass is 16.5. The third kappa shape index (κ3) is 1.87. The van der Waals surface area contributed by atoms with Gasteiger partial charge in [0, 0.05) is 24.7 Å². The summed E-state index contributed by atoms with van der Waals surface area (Å²) in [6.07, 6.45) is 2.80. The van der Waals surface area contributed by atoms with Gasteiger partial charge in [0.25, 0.3) is 0 Å². The Labute approximate surface area is 107 Å². The molecule has 3 rings (SSSR count). The summed E-state index contributed by atoms with van der Waals surface area (Å²) in [6, 6.07) is 10.2. The van der Waals surface area contributed by atoms with E-state index < -0.39 is 0 Å². The van der Waals surface area contributed by atoms with Crippen molar-refractivity contribution in [3.63, 3.8) is 0 Å². The van der Waals surface area contributed by atoms with E-state index in [2.05, 4.69) is 24.0 Å². The minimum absolute atomic E-state index is 0.101. The Bertz CT molecular complexity index is 566. The molecule has 18 heavy (non-hydrogen) atoms. The number of nitrogens with zero attached hydrogens (tertiary/aromatic N) is 1. The van der Waals surface area contributed by atoms with Crippen molar-refractivity contribution in [1.82, 2.24) is 4.98 Å². The number of nitrogens with two attached hydrogens (primary N) is 1. The number of aryl methyl sites for hydroxylation is 1. The van der Waals surface area contributed by atoms with Crippen molar-refractivity contribution in [3.05, 3.63) is 47.7 Å². The molecule has 0 amide bonds. The third-order valence-electron chi connectivity index (χ3n) is 3.25. The summed E-state index contributed by atoms with van der Waals surface area (Å²) in [7, 11) is 0. The van der Waals surface area contributed by atoms with E-state index >= 15 is 0 Å². The van der Waals surface area contributed by atoms with E-state index in [0.29, 0.717) is 6.54 Å². The summed E-state index contributed by atoms with van der Waals surface area (Å²) in [5.74, 6) is 0.953. The maximum absolute atomic E-state index is 5.93. The molecule has 0 unspecified atom stereocenters. The van der Waals surface area contributed by atoms with Gasteiger partial charge in [0.2, 0.25) is 0 Å². The molecule has 0 saturated heterocycles. The van der Waals surface area contributed by atoms with Crippen LogP contribution in [0.25, 0.3) is 11.3 Å². The summed E-state index contributed by atoms with van der Waals surface area (Å²) in [5, 5.41) is 0. The number of rotatable bonds is 2. The summed E-state index contributed by atoms with van der Waals surface area (Å²) in [4.78, 5) is 4.41. The molecule has 1 atom stereocenters. The van der Waals surface area contributed by atoms with Crippen molar-refractivity contribution in [2.45, 2.75) is 19.4 Å². The molecule has 3 nitrogen and oxygen atoms in total. The van der Waals surface area contributed by atoms with Gasteiger partial charge in [0.15, 0.2) is 0 Å². The third-order valence-corrected chi connectivity index (χ3v) is 3.25. The molecule has 1 aliphatic rings. The highest BCUT2D eigenvalue weighted by Gasteiger charge is 2.25. The van der Waals surface area contributed by atoms with E-state index in [1.165, 1.54) is 11.1 Å². The Balaban J connectivity index is 2.12. The number of aromatic nitrogens is 1. The van der Waals surface area contributed by atoms with Crippen molar-refractivity contribution in [3.8, 4) is 17.0 Å². The topological polar surface area (TPSA) is 48.1 Å². The summed E-state index contributed by atoms with van der Waals surface area (Å²) >= 11 is 0. The van der Waals surface area contributed by atoms with Gasteiger partial charge in [0.05, 0.1) is 5.69 Å². The van der Waals surface area contributed by atoms with Gasteiger partial charge in [-0.25, -0.2) is 0 Å². The first-order valence-corrected chi connectivity index (χ1v) is 6.19. The Hall–Kier alpha value is -1.87. The zero-order valence-electron chi connectivity index (χ0n) is 10.4. The monoisotopic (exact) mass is 240 g/mol. The Kier molecular flexibility index (Phi) is 2.76. The van der Waals surface area contributed by atoms with Gasteiger partial charge in [-0.2, -0.15) is 0 Å². The minimum Gasteiger partial charge on any atom is -0.488 e. The second-order valence-electron chi connectivity index (χ2n) is 4.70. The van der Waals surface area contributed by atoms with Gasteiger partial charge in [-0.05, 0) is 36.2 Å². The molecule has 2 N–H and O–H groups in total. The second kappa shape index (κ2) is 4.42. The van der Waals surface area contributed by atoms with E-state index in [9.17, 15) is 0 Å². The number of benzene rings is 1. The summed E-state index contributed by atoms with van der Waals surface area (Å²) in [5.41, 5.74) is 10.2. The van der Waals surface area contributed by atoms with Crippen LogP contribution in [-0.2, 0) is 6.42 Å². The van der Waals surface area contributed by atoms with Crippen molar-refractivity contribution in [2.75, 3.05) is 6.54 Å². The molecule has 0 radical (unpaired) electrons. The molecule has 0 spiro atoms. The number of hydrogen-bond donors (Lipinski definition) is 1. The van der Waals surface area contributed by atoms with Crippen molar-refractivity contribution in [1.29, 1.82) is 0 Å².